The fourth-order valence-electron chi connectivity index (χ4n) is 2.09. The molecular weight excluding hydrogens is 238 g/mol. The van der Waals surface area contributed by atoms with Gasteiger partial charge in [0, 0.05) is 6.92 Å². The summed E-state index contributed by atoms with van der Waals surface area (Å²) >= 11 is 0. The van der Waals surface area contributed by atoms with Crippen LogP contribution >= 0.6 is 0 Å². The summed E-state index contributed by atoms with van der Waals surface area (Å²) in [7, 11) is 0. The SMILES string of the molecule is CC(=O)NCC(=O)NC1(CC(=O)O)CCNCC1. The van der Waals surface area contributed by atoms with Gasteiger partial charge in [-0.2, -0.15) is 0 Å². The van der Waals surface area contributed by atoms with Gasteiger partial charge < -0.3 is 21.1 Å². The Labute approximate surface area is 105 Å². The third-order valence-corrected chi connectivity index (χ3v) is 2.95. The highest BCUT2D eigenvalue weighted by Crippen LogP contribution is 2.22. The topological polar surface area (TPSA) is 108 Å². The summed E-state index contributed by atoms with van der Waals surface area (Å²) in [5, 5.41) is 17.2. The molecule has 0 bridgehead atoms. The number of aliphatic carboxylic acids is 1. The lowest BCUT2D eigenvalue weighted by atomic mass is 9.85. The number of amides is 2. The van der Waals surface area contributed by atoms with E-state index in [1.165, 1.54) is 6.92 Å². The molecule has 7 heteroatoms. The number of carbonyl (C=O) groups excluding carboxylic acids is 2. The summed E-state index contributed by atoms with van der Waals surface area (Å²) in [6.07, 6.45) is 1.05. The molecule has 0 atom stereocenters. The minimum atomic E-state index is -0.934. The highest BCUT2D eigenvalue weighted by molar-refractivity contribution is 5.84. The summed E-state index contributed by atoms with van der Waals surface area (Å²) < 4.78 is 0. The standard InChI is InChI=1S/C11H19N3O4/c1-8(15)13-7-9(16)14-11(6-10(17)18)2-4-12-5-3-11/h12H,2-7H2,1H3,(H,13,15)(H,14,16)(H,17,18). The lowest BCUT2D eigenvalue weighted by Gasteiger charge is -2.37. The Balaban J connectivity index is 2.57. The van der Waals surface area contributed by atoms with E-state index in [2.05, 4.69) is 16.0 Å². The Morgan fingerprint density at radius 1 is 1.28 bits per heavy atom. The normalized spacial score (nSPS) is 17.8. The Hall–Kier alpha value is -1.63. The molecule has 0 saturated carbocycles. The number of nitrogens with one attached hydrogen (secondary N) is 3. The molecule has 0 spiro atoms. The average molecular weight is 257 g/mol. The molecule has 0 aromatic rings. The molecule has 0 aliphatic carbocycles. The first kappa shape index (κ1) is 14.4. The molecule has 1 aliphatic rings. The zero-order chi connectivity index (χ0) is 13.6. The van der Waals surface area contributed by atoms with Crippen molar-refractivity contribution in [1.29, 1.82) is 0 Å². The van der Waals surface area contributed by atoms with Gasteiger partial charge in [0.2, 0.25) is 11.8 Å². The predicted octanol–water partition coefficient (Wildman–Crippen LogP) is -1.16. The number of rotatable bonds is 5. The van der Waals surface area contributed by atoms with Crippen LogP contribution in [0.15, 0.2) is 0 Å². The largest absolute Gasteiger partial charge is 0.481 e. The maximum Gasteiger partial charge on any atom is 0.305 e. The van der Waals surface area contributed by atoms with Gasteiger partial charge in [-0.25, -0.2) is 0 Å². The van der Waals surface area contributed by atoms with E-state index in [0.29, 0.717) is 25.9 Å². The van der Waals surface area contributed by atoms with Crippen LogP contribution in [-0.2, 0) is 14.4 Å². The minimum Gasteiger partial charge on any atom is -0.481 e. The van der Waals surface area contributed by atoms with E-state index >= 15 is 0 Å². The monoisotopic (exact) mass is 257 g/mol. The van der Waals surface area contributed by atoms with Gasteiger partial charge >= 0.3 is 5.97 Å². The third kappa shape index (κ3) is 4.70. The van der Waals surface area contributed by atoms with Crippen LogP contribution in [-0.4, -0.2) is 48.1 Å². The van der Waals surface area contributed by atoms with Gasteiger partial charge in [0.25, 0.3) is 0 Å². The van der Waals surface area contributed by atoms with Crippen molar-refractivity contribution in [1.82, 2.24) is 16.0 Å². The molecule has 1 aliphatic heterocycles. The summed E-state index contributed by atoms with van der Waals surface area (Å²) in [5.41, 5.74) is -0.702. The van der Waals surface area contributed by atoms with Crippen molar-refractivity contribution < 1.29 is 19.5 Å². The summed E-state index contributed by atoms with van der Waals surface area (Å²) in [4.78, 5) is 33.2. The molecule has 18 heavy (non-hydrogen) atoms. The molecule has 1 heterocycles. The van der Waals surface area contributed by atoms with E-state index in [4.69, 9.17) is 5.11 Å². The van der Waals surface area contributed by atoms with Gasteiger partial charge in [0.1, 0.15) is 0 Å². The van der Waals surface area contributed by atoms with Crippen molar-refractivity contribution >= 4 is 17.8 Å². The van der Waals surface area contributed by atoms with Crippen LogP contribution in [0.4, 0.5) is 0 Å². The van der Waals surface area contributed by atoms with Crippen molar-refractivity contribution in [3.8, 4) is 0 Å². The molecule has 0 unspecified atom stereocenters. The minimum absolute atomic E-state index is 0.0967. The fraction of sp³-hybridized carbons (Fsp3) is 0.727. The smallest absolute Gasteiger partial charge is 0.305 e. The summed E-state index contributed by atoms with van der Waals surface area (Å²) in [5.74, 6) is -1.58. The van der Waals surface area contributed by atoms with Crippen LogP contribution in [0.2, 0.25) is 0 Å². The van der Waals surface area contributed by atoms with Crippen LogP contribution in [0.3, 0.4) is 0 Å². The van der Waals surface area contributed by atoms with Crippen molar-refractivity contribution in [3.05, 3.63) is 0 Å². The summed E-state index contributed by atoms with van der Waals surface area (Å²) in [6, 6.07) is 0. The van der Waals surface area contributed by atoms with E-state index < -0.39 is 11.5 Å². The van der Waals surface area contributed by atoms with Crippen molar-refractivity contribution in [2.24, 2.45) is 0 Å². The number of piperidine rings is 1. The van der Waals surface area contributed by atoms with Crippen LogP contribution < -0.4 is 16.0 Å². The van der Waals surface area contributed by atoms with E-state index in [1.807, 2.05) is 0 Å². The molecule has 0 aromatic heterocycles. The van der Waals surface area contributed by atoms with Crippen molar-refractivity contribution in [2.75, 3.05) is 19.6 Å². The molecule has 102 valence electrons. The number of carbonyl (C=O) groups is 3. The van der Waals surface area contributed by atoms with Gasteiger partial charge in [-0.3, -0.25) is 14.4 Å². The van der Waals surface area contributed by atoms with Crippen LogP contribution in [0.1, 0.15) is 26.2 Å². The lowest BCUT2D eigenvalue weighted by molar-refractivity contribution is -0.139. The summed E-state index contributed by atoms with van der Waals surface area (Å²) in [6.45, 7) is 2.55. The quantitative estimate of drug-likeness (QED) is 0.497. The van der Waals surface area contributed by atoms with E-state index in [1.54, 1.807) is 0 Å². The van der Waals surface area contributed by atoms with E-state index in [-0.39, 0.29) is 24.8 Å². The average Bonchev–Trinajstić information content (AvgIpc) is 2.26. The third-order valence-electron chi connectivity index (χ3n) is 2.95. The predicted molar refractivity (Wildman–Crippen MR) is 63.9 cm³/mol. The van der Waals surface area contributed by atoms with Gasteiger partial charge in [-0.05, 0) is 25.9 Å². The number of carboxylic acid groups (broad SMARTS) is 1. The highest BCUT2D eigenvalue weighted by Gasteiger charge is 2.35. The van der Waals surface area contributed by atoms with E-state index in [9.17, 15) is 14.4 Å². The first-order valence-corrected chi connectivity index (χ1v) is 5.91. The Bertz CT molecular complexity index is 337. The molecule has 1 saturated heterocycles. The molecule has 4 N–H and O–H groups in total. The lowest BCUT2D eigenvalue weighted by Crippen LogP contribution is -2.57. The molecule has 1 fully saturated rings. The second kappa shape index (κ2) is 6.34. The van der Waals surface area contributed by atoms with Crippen molar-refractivity contribution in [2.45, 2.75) is 31.7 Å². The molecule has 0 radical (unpaired) electrons. The van der Waals surface area contributed by atoms with Crippen molar-refractivity contribution in [3.63, 3.8) is 0 Å². The zero-order valence-corrected chi connectivity index (χ0v) is 10.4. The molecular formula is C11H19N3O4. The first-order chi connectivity index (χ1) is 8.43. The van der Waals surface area contributed by atoms with Crippen LogP contribution in [0.5, 0.6) is 0 Å². The first-order valence-electron chi connectivity index (χ1n) is 5.91. The Morgan fingerprint density at radius 3 is 2.39 bits per heavy atom. The molecule has 1 rings (SSSR count). The molecule has 2 amide bonds. The number of hydrogen-bond donors (Lipinski definition) is 4. The van der Waals surface area contributed by atoms with Gasteiger partial charge in [0.05, 0.1) is 18.5 Å². The van der Waals surface area contributed by atoms with Gasteiger partial charge in [0.15, 0.2) is 0 Å². The van der Waals surface area contributed by atoms with Gasteiger partial charge in [-0.1, -0.05) is 0 Å². The van der Waals surface area contributed by atoms with E-state index in [0.717, 1.165) is 0 Å². The highest BCUT2D eigenvalue weighted by atomic mass is 16.4. The second-order valence-electron chi connectivity index (χ2n) is 4.56. The zero-order valence-electron chi connectivity index (χ0n) is 10.4. The maximum absolute atomic E-state index is 11.7. The van der Waals surface area contributed by atoms with Crippen LogP contribution in [0, 0.1) is 0 Å². The second-order valence-corrected chi connectivity index (χ2v) is 4.56. The Kier molecular flexibility index (Phi) is 5.08. The fourth-order valence-corrected chi connectivity index (χ4v) is 2.09. The number of carboxylic acids is 1. The molecule has 7 nitrogen and oxygen atoms in total. The molecule has 0 aromatic carbocycles. The number of hydrogen-bond acceptors (Lipinski definition) is 4. The Morgan fingerprint density at radius 2 is 1.89 bits per heavy atom. The van der Waals surface area contributed by atoms with Gasteiger partial charge in [-0.15, -0.1) is 0 Å². The maximum atomic E-state index is 11.7. The van der Waals surface area contributed by atoms with Crippen LogP contribution in [0.25, 0.3) is 0 Å².